The van der Waals surface area contributed by atoms with E-state index in [9.17, 15) is 0 Å². The molecule has 26 heavy (non-hydrogen) atoms. The van der Waals surface area contributed by atoms with Crippen LogP contribution in [0.4, 0.5) is 11.8 Å². The molecule has 2 aromatic rings. The number of rotatable bonds is 5. The Balaban J connectivity index is 0.000000552. The van der Waals surface area contributed by atoms with Crippen LogP contribution in [0.5, 0.6) is 0 Å². The Morgan fingerprint density at radius 2 is 2.00 bits per heavy atom. The third kappa shape index (κ3) is 5.56. The quantitative estimate of drug-likeness (QED) is 0.549. The molecule has 1 saturated carbocycles. The van der Waals surface area contributed by atoms with Gasteiger partial charge in [0.15, 0.2) is 0 Å². The lowest BCUT2D eigenvalue weighted by molar-refractivity contribution is -0.109. The van der Waals surface area contributed by atoms with Crippen molar-refractivity contribution >= 4 is 36.4 Å². The summed E-state index contributed by atoms with van der Waals surface area (Å²) in [5.41, 5.74) is 2.22. The highest BCUT2D eigenvalue weighted by molar-refractivity contribution is 7.80. The second-order valence-electron chi connectivity index (χ2n) is 5.90. The zero-order valence-electron chi connectivity index (χ0n) is 15.1. The molecule has 0 aromatic carbocycles. The third-order valence-corrected chi connectivity index (χ3v) is 4.50. The number of amides is 1. The van der Waals surface area contributed by atoms with Crippen molar-refractivity contribution in [2.45, 2.75) is 37.5 Å². The molecule has 0 unspecified atom stereocenters. The number of anilines is 2. The topological polar surface area (TPSA) is 79.8 Å². The average molecular weight is 372 g/mol. The summed E-state index contributed by atoms with van der Waals surface area (Å²) >= 11 is 4.55. The fourth-order valence-electron chi connectivity index (χ4n) is 3.00. The van der Waals surface area contributed by atoms with Gasteiger partial charge >= 0.3 is 0 Å². The van der Waals surface area contributed by atoms with Crippen molar-refractivity contribution in [3.8, 4) is 0 Å². The lowest BCUT2D eigenvalue weighted by Gasteiger charge is -2.16. The first-order chi connectivity index (χ1) is 12.7. The highest BCUT2D eigenvalue weighted by atomic mass is 32.1. The number of pyridine rings is 1. The van der Waals surface area contributed by atoms with E-state index in [1.54, 1.807) is 19.4 Å². The van der Waals surface area contributed by atoms with Gasteiger partial charge < -0.3 is 10.6 Å². The summed E-state index contributed by atoms with van der Waals surface area (Å²) in [6.45, 7) is 2.08. The number of hydrogen-bond donors (Lipinski definition) is 3. The van der Waals surface area contributed by atoms with Crippen molar-refractivity contribution in [1.29, 1.82) is 0 Å². The minimum absolute atomic E-state index is 0.559. The van der Waals surface area contributed by atoms with Crippen LogP contribution >= 0.6 is 12.6 Å². The summed E-state index contributed by atoms with van der Waals surface area (Å²) in [5.74, 6) is 1.89. The number of aromatic nitrogens is 3. The van der Waals surface area contributed by atoms with E-state index < -0.39 is 0 Å². The van der Waals surface area contributed by atoms with Gasteiger partial charge in [-0.2, -0.15) is 0 Å². The smallest absolute Gasteiger partial charge is 0.228 e. The van der Waals surface area contributed by atoms with E-state index in [0.717, 1.165) is 16.4 Å². The molecule has 2 heterocycles. The number of thiol groups is 1. The number of carbonyl (C=O) groups is 1. The number of hydrogen-bond acceptors (Lipinski definition) is 6. The summed E-state index contributed by atoms with van der Waals surface area (Å²) < 4.78 is 0. The molecule has 6 nitrogen and oxygen atoms in total. The van der Waals surface area contributed by atoms with Gasteiger partial charge in [0.05, 0.1) is 5.69 Å². The highest BCUT2D eigenvalue weighted by Gasteiger charge is 2.22. The number of carbonyl (C=O) groups excluding carboxylic acids is 1. The Bertz CT molecular complexity index is 730. The van der Waals surface area contributed by atoms with Crippen LogP contribution in [0.1, 0.15) is 38.3 Å². The van der Waals surface area contributed by atoms with E-state index in [1.165, 1.54) is 31.3 Å². The maximum absolute atomic E-state index is 9.06. The van der Waals surface area contributed by atoms with Gasteiger partial charge in [-0.25, -0.2) is 15.0 Å². The Morgan fingerprint density at radius 3 is 2.58 bits per heavy atom. The first kappa shape index (κ1) is 19.9. The van der Waals surface area contributed by atoms with Gasteiger partial charge in [0.2, 0.25) is 12.4 Å². The molecule has 3 rings (SSSR count). The van der Waals surface area contributed by atoms with E-state index in [0.29, 0.717) is 18.3 Å². The van der Waals surface area contributed by atoms with E-state index in [4.69, 9.17) is 4.79 Å². The summed E-state index contributed by atoms with van der Waals surface area (Å²) in [4.78, 5) is 23.1. The predicted octanol–water partition coefficient (Wildman–Crippen LogP) is 3.86. The molecule has 7 heteroatoms. The molecule has 0 aliphatic heterocycles. The molecular formula is C19H25N5OS. The largest absolute Gasteiger partial charge is 0.362 e. The molecule has 0 radical (unpaired) electrons. The van der Waals surface area contributed by atoms with Crippen LogP contribution in [0.15, 0.2) is 41.6 Å². The van der Waals surface area contributed by atoms with Gasteiger partial charge in [0, 0.05) is 24.3 Å². The third-order valence-electron chi connectivity index (χ3n) is 4.17. The molecule has 1 aliphatic rings. The van der Waals surface area contributed by atoms with Gasteiger partial charge in [-0.15, -0.1) is 12.6 Å². The SMILES string of the molecule is C/C=C(/c1nc(Nc2ccccn2)ncc1S)C1CCCC1.CNC=O. The molecule has 2 aromatic heterocycles. The maximum atomic E-state index is 9.06. The van der Waals surface area contributed by atoms with Crippen molar-refractivity contribution in [2.75, 3.05) is 12.4 Å². The monoisotopic (exact) mass is 371 g/mol. The zero-order valence-corrected chi connectivity index (χ0v) is 16.0. The average Bonchev–Trinajstić information content (AvgIpc) is 3.20. The Kier molecular flexibility index (Phi) is 8.08. The number of allylic oxidation sites excluding steroid dienone is 2. The van der Waals surface area contributed by atoms with Gasteiger partial charge in [0.1, 0.15) is 5.82 Å². The first-order valence-electron chi connectivity index (χ1n) is 8.71. The Labute approximate surface area is 160 Å². The molecule has 138 valence electrons. The summed E-state index contributed by atoms with van der Waals surface area (Å²) in [7, 11) is 1.56. The molecular weight excluding hydrogens is 346 g/mol. The molecule has 1 amide bonds. The lowest BCUT2D eigenvalue weighted by atomic mass is 9.94. The molecule has 2 N–H and O–H groups in total. The van der Waals surface area contributed by atoms with Gasteiger partial charge in [-0.3, -0.25) is 4.79 Å². The zero-order chi connectivity index (χ0) is 18.8. The van der Waals surface area contributed by atoms with Crippen molar-refractivity contribution in [3.05, 3.63) is 42.4 Å². The molecule has 0 saturated heterocycles. The maximum Gasteiger partial charge on any atom is 0.228 e. The lowest BCUT2D eigenvalue weighted by Crippen LogP contribution is -2.06. The molecule has 1 aliphatic carbocycles. The van der Waals surface area contributed by atoms with Crippen LogP contribution in [-0.4, -0.2) is 28.4 Å². The summed E-state index contributed by atoms with van der Waals surface area (Å²) in [6.07, 6.45) is 11.4. The number of nitrogens with one attached hydrogen (secondary N) is 2. The number of nitrogens with zero attached hydrogens (tertiary/aromatic N) is 3. The normalized spacial score (nSPS) is 14.3. The van der Waals surface area contributed by atoms with Gasteiger partial charge in [0.25, 0.3) is 0 Å². The van der Waals surface area contributed by atoms with Crippen LogP contribution in [0, 0.1) is 5.92 Å². The van der Waals surface area contributed by atoms with Crippen LogP contribution in [-0.2, 0) is 4.79 Å². The minimum Gasteiger partial charge on any atom is -0.362 e. The van der Waals surface area contributed by atoms with Crippen molar-refractivity contribution in [1.82, 2.24) is 20.3 Å². The van der Waals surface area contributed by atoms with Crippen LogP contribution in [0.2, 0.25) is 0 Å². The van der Waals surface area contributed by atoms with Crippen molar-refractivity contribution in [2.24, 2.45) is 5.92 Å². The van der Waals surface area contributed by atoms with Gasteiger partial charge in [-0.05, 0) is 43.4 Å². The molecule has 0 bridgehead atoms. The van der Waals surface area contributed by atoms with Crippen molar-refractivity contribution in [3.63, 3.8) is 0 Å². The van der Waals surface area contributed by atoms with E-state index in [-0.39, 0.29) is 0 Å². The summed E-state index contributed by atoms with van der Waals surface area (Å²) in [5, 5.41) is 5.40. The second kappa shape index (κ2) is 10.6. The van der Waals surface area contributed by atoms with Crippen LogP contribution < -0.4 is 10.6 Å². The Hall–Kier alpha value is -2.41. The first-order valence-corrected chi connectivity index (χ1v) is 9.15. The molecule has 0 atom stereocenters. The second-order valence-corrected chi connectivity index (χ2v) is 6.38. The predicted molar refractivity (Wildman–Crippen MR) is 108 cm³/mol. The van der Waals surface area contributed by atoms with E-state index in [2.05, 4.69) is 51.2 Å². The molecule has 0 spiro atoms. The fraction of sp³-hybridized carbons (Fsp3) is 0.368. The van der Waals surface area contributed by atoms with Gasteiger partial charge in [-0.1, -0.05) is 25.0 Å². The van der Waals surface area contributed by atoms with Crippen LogP contribution in [0.3, 0.4) is 0 Å². The van der Waals surface area contributed by atoms with E-state index in [1.807, 2.05) is 18.2 Å². The van der Waals surface area contributed by atoms with Crippen molar-refractivity contribution < 1.29 is 4.79 Å². The van der Waals surface area contributed by atoms with E-state index >= 15 is 0 Å². The minimum atomic E-state index is 0.559. The summed E-state index contributed by atoms with van der Waals surface area (Å²) in [6, 6.07) is 5.70. The molecule has 1 fully saturated rings. The highest BCUT2D eigenvalue weighted by Crippen LogP contribution is 2.37. The van der Waals surface area contributed by atoms with Crippen LogP contribution in [0.25, 0.3) is 5.57 Å². The Morgan fingerprint density at radius 1 is 1.27 bits per heavy atom. The fourth-order valence-corrected chi connectivity index (χ4v) is 3.24. The standard InChI is InChI=1S/C17H20N4S.C2H5NO/c1-2-13(12-7-3-4-8-12)16-14(22)11-19-17(21-16)20-15-9-5-6-10-18-15;1-3-2-4/h2,5-6,9-12,22H,3-4,7-8H2,1H3,(H,18,19,20,21);2H,1H3,(H,3,4)/b13-2+;.